The van der Waals surface area contributed by atoms with Crippen molar-refractivity contribution in [2.45, 2.75) is 51.1 Å². The number of amides is 2. The molecule has 6 nitrogen and oxygen atoms in total. The van der Waals surface area contributed by atoms with Crippen molar-refractivity contribution in [2.75, 3.05) is 13.1 Å². The molecule has 1 saturated carbocycles. The maximum absolute atomic E-state index is 11.9. The Bertz CT molecular complexity index is 709. The van der Waals surface area contributed by atoms with Gasteiger partial charge in [0.05, 0.1) is 11.9 Å². The number of nitrogens with one attached hydrogen (secondary N) is 3. The van der Waals surface area contributed by atoms with E-state index in [0.29, 0.717) is 24.2 Å². The predicted molar refractivity (Wildman–Crippen MR) is 108 cm³/mol. The second-order valence-electron chi connectivity index (χ2n) is 7.02. The first-order valence-corrected chi connectivity index (χ1v) is 10.1. The fourth-order valence-corrected chi connectivity index (χ4v) is 3.46. The minimum absolute atomic E-state index is 0.146. The molecule has 7 heteroatoms. The first-order chi connectivity index (χ1) is 13.2. The van der Waals surface area contributed by atoms with E-state index < -0.39 is 0 Å². The quantitative estimate of drug-likeness (QED) is 0.603. The summed E-state index contributed by atoms with van der Waals surface area (Å²) >= 11 is 5.90. The molecule has 1 aliphatic rings. The molecule has 3 N–H and O–H groups in total. The SMILES string of the molecule is O=C(NCCCNC1CCCCC1)NCc1cnn(-c2ccc(Cl)cc2)c1. The standard InChI is InChI=1S/C20H28ClN5O/c21-17-7-9-19(10-8-17)26-15-16(14-25-26)13-24-20(27)23-12-4-11-22-18-5-2-1-3-6-18/h7-10,14-15,18,22H,1-6,11-13H2,(H2,23,24,27). The number of aromatic nitrogens is 2. The van der Waals surface area contributed by atoms with Gasteiger partial charge in [0, 0.05) is 35.9 Å². The van der Waals surface area contributed by atoms with Crippen molar-refractivity contribution in [3.63, 3.8) is 0 Å². The van der Waals surface area contributed by atoms with E-state index in [4.69, 9.17) is 11.6 Å². The summed E-state index contributed by atoms with van der Waals surface area (Å²) in [6.45, 7) is 2.08. The Hall–Kier alpha value is -2.05. The fourth-order valence-electron chi connectivity index (χ4n) is 3.33. The molecular formula is C20H28ClN5O. The van der Waals surface area contributed by atoms with Gasteiger partial charge in [-0.25, -0.2) is 9.48 Å². The summed E-state index contributed by atoms with van der Waals surface area (Å²) < 4.78 is 1.77. The number of urea groups is 1. The summed E-state index contributed by atoms with van der Waals surface area (Å²) in [6.07, 6.45) is 11.2. The van der Waals surface area contributed by atoms with Gasteiger partial charge >= 0.3 is 6.03 Å². The molecule has 1 fully saturated rings. The van der Waals surface area contributed by atoms with Gasteiger partial charge in [-0.2, -0.15) is 5.10 Å². The van der Waals surface area contributed by atoms with Gasteiger partial charge in [0.2, 0.25) is 0 Å². The largest absolute Gasteiger partial charge is 0.338 e. The van der Waals surface area contributed by atoms with Gasteiger partial charge < -0.3 is 16.0 Å². The molecule has 2 amide bonds. The van der Waals surface area contributed by atoms with E-state index >= 15 is 0 Å². The van der Waals surface area contributed by atoms with E-state index in [9.17, 15) is 4.79 Å². The smallest absolute Gasteiger partial charge is 0.315 e. The van der Waals surface area contributed by atoms with Crippen LogP contribution in [-0.2, 0) is 6.54 Å². The molecule has 0 aliphatic heterocycles. The zero-order valence-corrected chi connectivity index (χ0v) is 16.3. The lowest BCUT2D eigenvalue weighted by Gasteiger charge is -2.22. The number of hydrogen-bond acceptors (Lipinski definition) is 3. The summed E-state index contributed by atoms with van der Waals surface area (Å²) in [6, 6.07) is 7.98. The monoisotopic (exact) mass is 389 g/mol. The van der Waals surface area contributed by atoms with Gasteiger partial charge in [0.25, 0.3) is 0 Å². The molecular weight excluding hydrogens is 362 g/mol. The number of rotatable bonds is 8. The van der Waals surface area contributed by atoms with Crippen LogP contribution in [0.3, 0.4) is 0 Å². The molecule has 1 aromatic heterocycles. The van der Waals surface area contributed by atoms with E-state index in [1.54, 1.807) is 10.9 Å². The van der Waals surface area contributed by atoms with Gasteiger partial charge in [-0.15, -0.1) is 0 Å². The molecule has 1 heterocycles. The highest BCUT2D eigenvalue weighted by Crippen LogP contribution is 2.17. The fraction of sp³-hybridized carbons (Fsp3) is 0.500. The summed E-state index contributed by atoms with van der Waals surface area (Å²) in [5, 5.41) is 14.4. The average molecular weight is 390 g/mol. The number of halogens is 1. The van der Waals surface area contributed by atoms with Gasteiger partial charge in [-0.1, -0.05) is 30.9 Å². The third-order valence-corrected chi connectivity index (χ3v) is 5.11. The molecule has 146 valence electrons. The maximum Gasteiger partial charge on any atom is 0.315 e. The van der Waals surface area contributed by atoms with Crippen molar-refractivity contribution in [1.29, 1.82) is 0 Å². The van der Waals surface area contributed by atoms with E-state index in [0.717, 1.165) is 24.2 Å². The Balaban J connectivity index is 1.30. The van der Waals surface area contributed by atoms with E-state index in [-0.39, 0.29) is 6.03 Å². The van der Waals surface area contributed by atoms with Crippen LogP contribution in [-0.4, -0.2) is 34.9 Å². The first kappa shape index (κ1) is 19.7. The van der Waals surface area contributed by atoms with Crippen molar-refractivity contribution in [1.82, 2.24) is 25.7 Å². The zero-order valence-electron chi connectivity index (χ0n) is 15.6. The highest BCUT2D eigenvalue weighted by atomic mass is 35.5. The van der Waals surface area contributed by atoms with Gasteiger partial charge in [-0.3, -0.25) is 0 Å². The molecule has 0 radical (unpaired) electrons. The second-order valence-corrected chi connectivity index (χ2v) is 7.46. The lowest BCUT2D eigenvalue weighted by Crippen LogP contribution is -2.37. The summed E-state index contributed by atoms with van der Waals surface area (Å²) in [7, 11) is 0. The van der Waals surface area contributed by atoms with Crippen LogP contribution < -0.4 is 16.0 Å². The molecule has 2 aromatic rings. The topological polar surface area (TPSA) is 71.0 Å². The number of carbonyl (C=O) groups is 1. The van der Waals surface area contributed by atoms with Gasteiger partial charge in [0.1, 0.15) is 0 Å². The molecule has 27 heavy (non-hydrogen) atoms. The van der Waals surface area contributed by atoms with Crippen LogP contribution in [0.5, 0.6) is 0 Å². The number of carbonyl (C=O) groups excluding carboxylic acids is 1. The van der Waals surface area contributed by atoms with E-state index in [1.165, 1.54) is 32.1 Å². The molecule has 0 atom stereocenters. The van der Waals surface area contributed by atoms with Crippen molar-refractivity contribution < 1.29 is 4.79 Å². The van der Waals surface area contributed by atoms with Gasteiger partial charge in [0.15, 0.2) is 0 Å². The molecule has 0 unspecified atom stereocenters. The second kappa shape index (κ2) is 10.3. The molecule has 3 rings (SSSR count). The molecule has 0 saturated heterocycles. The van der Waals surface area contributed by atoms with Crippen molar-refractivity contribution in [2.24, 2.45) is 0 Å². The number of nitrogens with zero attached hydrogens (tertiary/aromatic N) is 2. The minimum Gasteiger partial charge on any atom is -0.338 e. The third kappa shape index (κ3) is 6.56. The van der Waals surface area contributed by atoms with Crippen LogP contribution in [0.4, 0.5) is 4.79 Å². The van der Waals surface area contributed by atoms with E-state index in [2.05, 4.69) is 21.0 Å². The Labute approximate surface area is 165 Å². The first-order valence-electron chi connectivity index (χ1n) is 9.75. The summed E-state index contributed by atoms with van der Waals surface area (Å²) in [5.41, 5.74) is 1.87. The van der Waals surface area contributed by atoms with Gasteiger partial charge in [-0.05, 0) is 50.1 Å². The summed E-state index contributed by atoms with van der Waals surface area (Å²) in [5.74, 6) is 0. The summed E-state index contributed by atoms with van der Waals surface area (Å²) in [4.78, 5) is 11.9. The highest BCUT2D eigenvalue weighted by molar-refractivity contribution is 6.30. The zero-order chi connectivity index (χ0) is 18.9. The predicted octanol–water partition coefficient (Wildman–Crippen LogP) is 3.64. The average Bonchev–Trinajstić information content (AvgIpc) is 3.16. The highest BCUT2D eigenvalue weighted by Gasteiger charge is 2.11. The Morgan fingerprint density at radius 1 is 1.11 bits per heavy atom. The molecule has 0 bridgehead atoms. The lowest BCUT2D eigenvalue weighted by molar-refractivity contribution is 0.240. The number of hydrogen-bond donors (Lipinski definition) is 3. The third-order valence-electron chi connectivity index (χ3n) is 4.86. The van der Waals surface area contributed by atoms with E-state index in [1.807, 2.05) is 30.5 Å². The van der Waals surface area contributed by atoms with Crippen LogP contribution >= 0.6 is 11.6 Å². The Morgan fingerprint density at radius 3 is 2.67 bits per heavy atom. The van der Waals surface area contributed by atoms with Crippen molar-refractivity contribution in [3.8, 4) is 5.69 Å². The number of benzene rings is 1. The minimum atomic E-state index is -0.146. The van der Waals surface area contributed by atoms with Crippen LogP contribution in [0.1, 0.15) is 44.1 Å². The lowest BCUT2D eigenvalue weighted by atomic mass is 9.95. The van der Waals surface area contributed by atoms with Crippen LogP contribution in [0.15, 0.2) is 36.7 Å². The normalized spacial score (nSPS) is 14.9. The van der Waals surface area contributed by atoms with Crippen molar-refractivity contribution >= 4 is 17.6 Å². The molecule has 1 aliphatic carbocycles. The Morgan fingerprint density at radius 2 is 1.89 bits per heavy atom. The van der Waals surface area contributed by atoms with Crippen LogP contribution in [0.25, 0.3) is 5.69 Å². The molecule has 1 aromatic carbocycles. The maximum atomic E-state index is 11.9. The van der Waals surface area contributed by atoms with Crippen molar-refractivity contribution in [3.05, 3.63) is 47.2 Å². The Kier molecular flexibility index (Phi) is 7.54. The van der Waals surface area contributed by atoms with Crippen LogP contribution in [0.2, 0.25) is 5.02 Å². The van der Waals surface area contributed by atoms with Crippen LogP contribution in [0, 0.1) is 0 Å². The molecule has 0 spiro atoms.